The summed E-state index contributed by atoms with van der Waals surface area (Å²) in [6, 6.07) is 9.51. The number of nitrogens with zero attached hydrogens (tertiary/aromatic N) is 2. The van der Waals surface area contributed by atoms with Crippen LogP contribution in [0.15, 0.2) is 40.2 Å². The van der Waals surface area contributed by atoms with Crippen molar-refractivity contribution in [2.45, 2.75) is 0 Å². The van der Waals surface area contributed by atoms with Crippen molar-refractivity contribution in [2.24, 2.45) is 4.99 Å². The summed E-state index contributed by atoms with van der Waals surface area (Å²) in [7, 11) is 0. The average Bonchev–Trinajstić information content (AvgIpc) is 2.61. The lowest BCUT2D eigenvalue weighted by Gasteiger charge is -1.92. The molecule has 5 heteroatoms. The molecule has 1 amide bonds. The van der Waals surface area contributed by atoms with Crippen molar-refractivity contribution in [2.75, 3.05) is 0 Å². The van der Waals surface area contributed by atoms with Crippen molar-refractivity contribution in [3.05, 3.63) is 40.8 Å². The van der Waals surface area contributed by atoms with Gasteiger partial charge in [-0.2, -0.15) is 5.26 Å². The highest BCUT2D eigenvalue weighted by Gasteiger charge is 2.23. The molecule has 1 aliphatic rings. The third-order valence-electron chi connectivity index (χ3n) is 1.90. The fourth-order valence-corrected chi connectivity index (χ4v) is 2.00. The van der Waals surface area contributed by atoms with Crippen molar-refractivity contribution in [1.29, 1.82) is 5.26 Å². The molecule has 4 nitrogen and oxygen atoms in total. The van der Waals surface area contributed by atoms with Gasteiger partial charge in [-0.25, -0.2) is 0 Å². The van der Waals surface area contributed by atoms with Crippen LogP contribution in [0.1, 0.15) is 5.56 Å². The minimum absolute atomic E-state index is 0.220. The van der Waals surface area contributed by atoms with Gasteiger partial charge in [-0.15, -0.1) is 4.99 Å². The van der Waals surface area contributed by atoms with Crippen molar-refractivity contribution in [1.82, 2.24) is 5.32 Å². The van der Waals surface area contributed by atoms with E-state index in [4.69, 9.17) is 5.26 Å². The molecule has 1 aromatic carbocycles. The molecule has 16 heavy (non-hydrogen) atoms. The molecule has 78 valence electrons. The highest BCUT2D eigenvalue weighted by atomic mass is 32.2. The second kappa shape index (κ2) is 4.64. The second-order valence-corrected chi connectivity index (χ2v) is 4.02. The van der Waals surface area contributed by atoms with E-state index >= 15 is 0 Å². The van der Waals surface area contributed by atoms with E-state index in [1.807, 2.05) is 30.3 Å². The number of nitrogens with one attached hydrogen (secondary N) is 1. The minimum Gasteiger partial charge on any atom is -0.300 e. The van der Waals surface area contributed by atoms with E-state index < -0.39 is 0 Å². The van der Waals surface area contributed by atoms with Gasteiger partial charge in [0.2, 0.25) is 6.19 Å². The van der Waals surface area contributed by atoms with Crippen LogP contribution in [0.4, 0.5) is 0 Å². The van der Waals surface area contributed by atoms with E-state index in [0.29, 0.717) is 10.1 Å². The first-order valence-corrected chi connectivity index (χ1v) is 5.34. The Morgan fingerprint density at radius 3 is 2.81 bits per heavy atom. The largest absolute Gasteiger partial charge is 0.300 e. The molecule has 0 saturated carbocycles. The Balaban J connectivity index is 2.25. The Morgan fingerprint density at radius 2 is 2.12 bits per heavy atom. The zero-order valence-corrected chi connectivity index (χ0v) is 8.99. The summed E-state index contributed by atoms with van der Waals surface area (Å²) in [5, 5.41) is 11.2. The lowest BCUT2D eigenvalue weighted by Crippen LogP contribution is -2.19. The molecular formula is C11H7N3OS. The van der Waals surface area contributed by atoms with Gasteiger partial charge in [-0.1, -0.05) is 30.3 Å². The fourth-order valence-electron chi connectivity index (χ4n) is 1.23. The Hall–Kier alpha value is -2.06. The normalized spacial score (nSPS) is 19.8. The molecule has 0 radical (unpaired) electrons. The van der Waals surface area contributed by atoms with E-state index in [-0.39, 0.29) is 5.91 Å². The average molecular weight is 229 g/mol. The lowest BCUT2D eigenvalue weighted by atomic mass is 10.2. The van der Waals surface area contributed by atoms with Crippen molar-refractivity contribution in [3.63, 3.8) is 0 Å². The summed E-state index contributed by atoms with van der Waals surface area (Å²) < 4.78 is 0. The number of amides is 1. The number of benzene rings is 1. The number of hydrogen-bond donors (Lipinski definition) is 1. The second-order valence-electron chi connectivity index (χ2n) is 2.99. The SMILES string of the molecule is N#CN=C1NC(=O)/C(=C/c2ccccc2)S1. The smallest absolute Gasteiger partial charge is 0.264 e. The quantitative estimate of drug-likeness (QED) is 0.589. The maximum absolute atomic E-state index is 11.5. The fraction of sp³-hybridized carbons (Fsp3) is 0. The van der Waals surface area contributed by atoms with Gasteiger partial charge >= 0.3 is 0 Å². The van der Waals surface area contributed by atoms with E-state index in [2.05, 4.69) is 10.3 Å². The third-order valence-corrected chi connectivity index (χ3v) is 2.81. The molecule has 2 rings (SSSR count). The van der Waals surface area contributed by atoms with Crippen LogP contribution in [0.2, 0.25) is 0 Å². The third kappa shape index (κ3) is 2.30. The highest BCUT2D eigenvalue weighted by molar-refractivity contribution is 8.18. The molecular weight excluding hydrogens is 222 g/mol. The molecule has 0 aromatic heterocycles. The molecule has 1 aliphatic heterocycles. The number of nitriles is 1. The van der Waals surface area contributed by atoms with Gasteiger partial charge < -0.3 is 0 Å². The summed E-state index contributed by atoms with van der Waals surface area (Å²) in [5.41, 5.74) is 0.943. The van der Waals surface area contributed by atoms with Crippen LogP contribution in [0.3, 0.4) is 0 Å². The number of carbonyl (C=O) groups excluding carboxylic acids is 1. The zero-order valence-electron chi connectivity index (χ0n) is 8.18. The molecule has 0 aliphatic carbocycles. The Morgan fingerprint density at radius 1 is 1.38 bits per heavy atom. The monoisotopic (exact) mass is 229 g/mol. The molecule has 0 atom stereocenters. The summed E-state index contributed by atoms with van der Waals surface area (Å²) in [4.78, 5) is 15.5. The van der Waals surface area contributed by atoms with Crippen LogP contribution < -0.4 is 5.32 Å². The van der Waals surface area contributed by atoms with Gasteiger partial charge in [0.15, 0.2) is 5.17 Å². The van der Waals surface area contributed by atoms with Crippen LogP contribution in [0.25, 0.3) is 6.08 Å². The maximum Gasteiger partial charge on any atom is 0.264 e. The first-order chi connectivity index (χ1) is 7.79. The minimum atomic E-state index is -0.220. The number of aliphatic imine (C=N–C) groups is 1. The number of amidine groups is 1. The maximum atomic E-state index is 11.5. The van der Waals surface area contributed by atoms with Crippen LogP contribution in [0, 0.1) is 11.5 Å². The molecule has 1 aromatic rings. The Bertz CT molecular complexity index is 514. The predicted molar refractivity (Wildman–Crippen MR) is 63.2 cm³/mol. The first-order valence-electron chi connectivity index (χ1n) is 4.52. The summed E-state index contributed by atoms with van der Waals surface area (Å²) in [6.07, 6.45) is 3.40. The first kappa shape index (κ1) is 10.5. The Kier molecular flexibility index (Phi) is 3.03. The van der Waals surface area contributed by atoms with Gasteiger partial charge in [-0.05, 0) is 23.4 Å². The number of rotatable bonds is 1. The van der Waals surface area contributed by atoms with Gasteiger partial charge in [0, 0.05) is 0 Å². The van der Waals surface area contributed by atoms with E-state index in [9.17, 15) is 4.79 Å². The Labute approximate surface area is 96.7 Å². The molecule has 0 spiro atoms. The van der Waals surface area contributed by atoms with Gasteiger partial charge in [0.25, 0.3) is 5.91 Å². The number of hydrogen-bond acceptors (Lipinski definition) is 4. The van der Waals surface area contributed by atoms with Gasteiger partial charge in [-0.3, -0.25) is 10.1 Å². The van der Waals surface area contributed by atoms with E-state index in [1.165, 1.54) is 11.8 Å². The standard InChI is InChI=1S/C11H7N3OS/c12-7-13-11-14-10(15)9(16-11)6-8-4-2-1-3-5-8/h1-6H,(H,13,14,15)/b9-6-. The van der Waals surface area contributed by atoms with Crippen molar-refractivity contribution < 1.29 is 4.79 Å². The van der Waals surface area contributed by atoms with Gasteiger partial charge in [0.1, 0.15) is 0 Å². The van der Waals surface area contributed by atoms with Crippen molar-refractivity contribution >= 4 is 28.9 Å². The van der Waals surface area contributed by atoms with E-state index in [1.54, 1.807) is 12.3 Å². The molecule has 1 N–H and O–H groups in total. The highest BCUT2D eigenvalue weighted by Crippen LogP contribution is 2.25. The number of thioether (sulfide) groups is 1. The molecule has 1 saturated heterocycles. The van der Waals surface area contributed by atoms with Crippen LogP contribution in [-0.4, -0.2) is 11.1 Å². The molecule has 0 bridgehead atoms. The van der Waals surface area contributed by atoms with Crippen LogP contribution in [0.5, 0.6) is 0 Å². The number of carbonyl (C=O) groups is 1. The van der Waals surface area contributed by atoms with Crippen molar-refractivity contribution in [3.8, 4) is 6.19 Å². The molecule has 1 fully saturated rings. The summed E-state index contributed by atoms with van der Waals surface area (Å²) >= 11 is 1.17. The van der Waals surface area contributed by atoms with Crippen LogP contribution in [-0.2, 0) is 4.79 Å². The van der Waals surface area contributed by atoms with Crippen LogP contribution >= 0.6 is 11.8 Å². The lowest BCUT2D eigenvalue weighted by molar-refractivity contribution is -0.115. The zero-order chi connectivity index (χ0) is 11.4. The topological polar surface area (TPSA) is 65.2 Å². The molecule has 1 heterocycles. The molecule has 0 unspecified atom stereocenters. The predicted octanol–water partition coefficient (Wildman–Crippen LogP) is 1.73. The van der Waals surface area contributed by atoms with E-state index in [0.717, 1.165) is 5.56 Å². The summed E-state index contributed by atoms with van der Waals surface area (Å²) in [5.74, 6) is -0.220. The summed E-state index contributed by atoms with van der Waals surface area (Å²) in [6.45, 7) is 0. The van der Waals surface area contributed by atoms with Gasteiger partial charge in [0.05, 0.1) is 4.91 Å².